The summed E-state index contributed by atoms with van der Waals surface area (Å²) in [7, 11) is 0. The lowest BCUT2D eigenvalue weighted by atomic mass is 10.1. The molecule has 1 aromatic rings. The number of carboxylic acids is 1. The van der Waals surface area contributed by atoms with Crippen molar-refractivity contribution in [3.05, 3.63) is 52.4 Å². The summed E-state index contributed by atoms with van der Waals surface area (Å²) in [5, 5.41) is 10.4. The maximum Gasteiger partial charge on any atom is 0.266 e. The molecular weight excluding hydrogens is 342 g/mol. The van der Waals surface area contributed by atoms with Crippen molar-refractivity contribution in [2.45, 2.75) is 26.2 Å². The number of thiocarbonyl (C=S) groups is 1. The Morgan fingerprint density at radius 3 is 2.67 bits per heavy atom. The number of hydrogen-bond donors (Lipinski definition) is 0. The summed E-state index contributed by atoms with van der Waals surface area (Å²) in [4.78, 5) is 25.0. The predicted molar refractivity (Wildman–Crippen MR) is 98.9 cm³/mol. The van der Waals surface area contributed by atoms with Crippen molar-refractivity contribution >= 4 is 46.3 Å². The minimum Gasteiger partial charge on any atom is -0.550 e. The molecule has 0 unspecified atom stereocenters. The first kappa shape index (κ1) is 18.4. The molecule has 6 heteroatoms. The van der Waals surface area contributed by atoms with E-state index in [2.05, 4.69) is 0 Å². The minimum atomic E-state index is -1.07. The largest absolute Gasteiger partial charge is 0.550 e. The van der Waals surface area contributed by atoms with Crippen molar-refractivity contribution in [2.75, 3.05) is 6.54 Å². The van der Waals surface area contributed by atoms with E-state index in [1.165, 1.54) is 16.7 Å². The van der Waals surface area contributed by atoms with Gasteiger partial charge in [0.05, 0.1) is 4.91 Å². The fourth-order valence-electron chi connectivity index (χ4n) is 2.29. The molecule has 2 rings (SSSR count). The number of allylic oxidation sites excluding steroid dienone is 2. The fraction of sp³-hybridized carbons (Fsp3) is 0.278. The summed E-state index contributed by atoms with van der Waals surface area (Å²) >= 11 is 6.54. The molecule has 0 bridgehead atoms. The van der Waals surface area contributed by atoms with Crippen molar-refractivity contribution in [1.29, 1.82) is 0 Å². The average molecular weight is 360 g/mol. The number of hydrogen-bond acceptors (Lipinski definition) is 5. The molecule has 1 aliphatic heterocycles. The second-order valence-electron chi connectivity index (χ2n) is 5.46. The molecule has 0 atom stereocenters. The standard InChI is InChI=1S/C18H19NO3S2/c1-13(11-14-7-3-2-4-8-14)12-15-17(22)19(18(23)24-15)10-6-5-9-16(20)21/h2-4,7-8,11-12H,5-6,9-10H2,1H3,(H,20,21)/p-1/b13-11+,15-12-. The molecule has 1 fully saturated rings. The second kappa shape index (κ2) is 8.80. The highest BCUT2D eigenvalue weighted by atomic mass is 32.2. The number of carbonyl (C=O) groups is 2. The lowest BCUT2D eigenvalue weighted by molar-refractivity contribution is -0.305. The number of aliphatic carboxylic acids is 1. The molecular formula is C18H18NO3S2-. The molecule has 1 amide bonds. The Hall–Kier alpha value is -1.92. The smallest absolute Gasteiger partial charge is 0.266 e. The fourth-order valence-corrected chi connectivity index (χ4v) is 3.65. The Bertz CT molecular complexity index is 695. The molecule has 1 heterocycles. The summed E-state index contributed by atoms with van der Waals surface area (Å²) in [6, 6.07) is 9.88. The maximum atomic E-state index is 12.4. The number of carboxylic acid groups (broad SMARTS) is 1. The van der Waals surface area contributed by atoms with Crippen molar-refractivity contribution in [3.8, 4) is 0 Å². The lowest BCUT2D eigenvalue weighted by Crippen LogP contribution is -2.29. The van der Waals surface area contributed by atoms with E-state index in [1.807, 2.05) is 49.4 Å². The Kier molecular flexibility index (Phi) is 6.75. The number of benzene rings is 1. The number of rotatable bonds is 7. The molecule has 126 valence electrons. The quantitative estimate of drug-likeness (QED) is 0.425. The first-order chi connectivity index (χ1) is 11.5. The van der Waals surface area contributed by atoms with Crippen LogP contribution in [0, 0.1) is 0 Å². The van der Waals surface area contributed by atoms with Gasteiger partial charge in [0, 0.05) is 12.5 Å². The molecule has 0 aliphatic carbocycles. The van der Waals surface area contributed by atoms with E-state index in [1.54, 1.807) is 0 Å². The Morgan fingerprint density at radius 1 is 1.29 bits per heavy atom. The van der Waals surface area contributed by atoms with Gasteiger partial charge in [0.25, 0.3) is 5.91 Å². The molecule has 24 heavy (non-hydrogen) atoms. The Balaban J connectivity index is 1.99. The van der Waals surface area contributed by atoms with E-state index >= 15 is 0 Å². The summed E-state index contributed by atoms with van der Waals surface area (Å²) in [6.45, 7) is 2.39. The van der Waals surface area contributed by atoms with Gasteiger partial charge in [0.1, 0.15) is 4.32 Å². The highest BCUT2D eigenvalue weighted by Crippen LogP contribution is 2.32. The van der Waals surface area contributed by atoms with E-state index in [9.17, 15) is 14.7 Å². The molecule has 1 aromatic carbocycles. The molecule has 0 spiro atoms. The average Bonchev–Trinajstić information content (AvgIpc) is 2.79. The number of amides is 1. The van der Waals surface area contributed by atoms with Gasteiger partial charge in [0.15, 0.2) is 0 Å². The lowest BCUT2D eigenvalue weighted by Gasteiger charge is -2.14. The van der Waals surface area contributed by atoms with Crippen LogP contribution in [0.1, 0.15) is 31.7 Å². The Morgan fingerprint density at radius 2 is 2.00 bits per heavy atom. The van der Waals surface area contributed by atoms with Gasteiger partial charge in [0.2, 0.25) is 0 Å². The zero-order valence-corrected chi connectivity index (χ0v) is 15.0. The van der Waals surface area contributed by atoms with Crippen molar-refractivity contribution in [1.82, 2.24) is 4.90 Å². The topological polar surface area (TPSA) is 60.4 Å². The van der Waals surface area contributed by atoms with E-state index < -0.39 is 5.97 Å². The highest BCUT2D eigenvalue weighted by molar-refractivity contribution is 8.26. The van der Waals surface area contributed by atoms with Crippen LogP contribution < -0.4 is 5.11 Å². The van der Waals surface area contributed by atoms with Gasteiger partial charge in [-0.1, -0.05) is 60.4 Å². The van der Waals surface area contributed by atoms with Crippen LogP contribution in [0.4, 0.5) is 0 Å². The summed E-state index contributed by atoms with van der Waals surface area (Å²) in [6.07, 6.45) is 4.92. The maximum absolute atomic E-state index is 12.4. The predicted octanol–water partition coefficient (Wildman–Crippen LogP) is 2.75. The molecule has 0 radical (unpaired) electrons. The molecule has 1 aliphatic rings. The summed E-state index contributed by atoms with van der Waals surface area (Å²) in [5.74, 6) is -1.18. The number of thioether (sulfide) groups is 1. The zero-order chi connectivity index (χ0) is 17.5. The number of carbonyl (C=O) groups excluding carboxylic acids is 2. The van der Waals surface area contributed by atoms with Crippen LogP contribution in [0.3, 0.4) is 0 Å². The summed E-state index contributed by atoms with van der Waals surface area (Å²) < 4.78 is 0.521. The van der Waals surface area contributed by atoms with Gasteiger partial charge >= 0.3 is 0 Å². The van der Waals surface area contributed by atoms with Crippen LogP contribution in [0.2, 0.25) is 0 Å². The van der Waals surface area contributed by atoms with Crippen molar-refractivity contribution in [3.63, 3.8) is 0 Å². The van der Waals surface area contributed by atoms with Crippen molar-refractivity contribution in [2.24, 2.45) is 0 Å². The van der Waals surface area contributed by atoms with E-state index in [-0.39, 0.29) is 12.3 Å². The second-order valence-corrected chi connectivity index (χ2v) is 7.14. The first-order valence-corrected chi connectivity index (χ1v) is 8.88. The van der Waals surface area contributed by atoms with Gasteiger partial charge < -0.3 is 9.90 Å². The number of nitrogens with zero attached hydrogens (tertiary/aromatic N) is 1. The number of unbranched alkanes of at least 4 members (excludes halogenated alkanes) is 1. The van der Waals surface area contributed by atoms with Gasteiger partial charge in [-0.3, -0.25) is 9.69 Å². The normalized spacial score (nSPS) is 17.0. The van der Waals surface area contributed by atoms with Gasteiger partial charge in [-0.25, -0.2) is 0 Å². The van der Waals surface area contributed by atoms with Gasteiger partial charge in [-0.2, -0.15) is 0 Å². The van der Waals surface area contributed by atoms with Crippen LogP contribution in [-0.4, -0.2) is 27.6 Å². The zero-order valence-electron chi connectivity index (χ0n) is 13.4. The third-order valence-corrected chi connectivity index (χ3v) is 4.82. The SMILES string of the molecule is CC(/C=C1\SC(=S)N(CCCCC(=O)[O-])C1=O)=C\c1ccccc1. The van der Waals surface area contributed by atoms with Crippen LogP contribution >= 0.6 is 24.0 Å². The molecule has 0 N–H and O–H groups in total. The van der Waals surface area contributed by atoms with Crippen LogP contribution in [0.5, 0.6) is 0 Å². The van der Waals surface area contributed by atoms with Gasteiger partial charge in [-0.05, 0) is 43.4 Å². The third-order valence-electron chi connectivity index (χ3n) is 3.44. The van der Waals surface area contributed by atoms with Crippen LogP contribution in [0.25, 0.3) is 6.08 Å². The summed E-state index contributed by atoms with van der Waals surface area (Å²) in [5.41, 5.74) is 2.04. The molecule has 1 saturated heterocycles. The Labute approximate surface area is 151 Å². The monoisotopic (exact) mass is 360 g/mol. The van der Waals surface area contributed by atoms with E-state index in [0.717, 1.165) is 11.1 Å². The minimum absolute atomic E-state index is 0.00353. The van der Waals surface area contributed by atoms with Gasteiger partial charge in [-0.15, -0.1) is 0 Å². The highest BCUT2D eigenvalue weighted by Gasteiger charge is 2.31. The first-order valence-electron chi connectivity index (χ1n) is 7.66. The molecule has 0 aromatic heterocycles. The van der Waals surface area contributed by atoms with Crippen molar-refractivity contribution < 1.29 is 14.7 Å². The van der Waals surface area contributed by atoms with Crippen LogP contribution in [0.15, 0.2) is 46.9 Å². The van der Waals surface area contributed by atoms with Crippen LogP contribution in [-0.2, 0) is 9.59 Å². The molecule has 0 saturated carbocycles. The van der Waals surface area contributed by atoms with E-state index in [0.29, 0.717) is 28.6 Å². The third kappa shape index (κ3) is 5.32. The van der Waals surface area contributed by atoms with E-state index in [4.69, 9.17) is 12.2 Å². The molecule has 4 nitrogen and oxygen atoms in total.